The van der Waals surface area contributed by atoms with Gasteiger partial charge in [-0.1, -0.05) is 45.9 Å². The van der Waals surface area contributed by atoms with Gasteiger partial charge in [-0.25, -0.2) is 0 Å². The van der Waals surface area contributed by atoms with Crippen molar-refractivity contribution in [1.82, 2.24) is 4.90 Å². The van der Waals surface area contributed by atoms with E-state index >= 15 is 0 Å². The molecule has 1 heteroatoms. The quantitative estimate of drug-likeness (QED) is 0.740. The van der Waals surface area contributed by atoms with Gasteiger partial charge in [-0.05, 0) is 42.6 Å². The van der Waals surface area contributed by atoms with Crippen LogP contribution >= 0.6 is 0 Å². The first-order valence-electron chi connectivity index (χ1n) is 6.18. The first-order chi connectivity index (χ1) is 7.40. The van der Waals surface area contributed by atoms with E-state index in [9.17, 15) is 0 Å². The van der Waals surface area contributed by atoms with Crippen molar-refractivity contribution < 1.29 is 0 Å². The minimum Gasteiger partial charge on any atom is -0.305 e. The Balaban J connectivity index is 3.08. The van der Waals surface area contributed by atoms with Crippen molar-refractivity contribution in [3.8, 4) is 0 Å². The van der Waals surface area contributed by atoms with Crippen molar-refractivity contribution in [3.05, 3.63) is 34.9 Å². The van der Waals surface area contributed by atoms with Crippen molar-refractivity contribution in [2.24, 2.45) is 0 Å². The molecule has 0 atom stereocenters. The van der Waals surface area contributed by atoms with E-state index in [1.54, 1.807) is 0 Å². The van der Waals surface area contributed by atoms with Crippen LogP contribution in [0.3, 0.4) is 0 Å². The van der Waals surface area contributed by atoms with Crippen molar-refractivity contribution in [3.63, 3.8) is 0 Å². The molecule has 0 heterocycles. The normalized spacial score (nSPS) is 11.8. The number of benzene rings is 1. The van der Waals surface area contributed by atoms with Gasteiger partial charge in [0, 0.05) is 6.54 Å². The fraction of sp³-hybridized carbons (Fsp3) is 0.600. The molecular weight excluding hydrogens is 194 g/mol. The van der Waals surface area contributed by atoms with E-state index in [-0.39, 0.29) is 0 Å². The molecule has 90 valence electrons. The fourth-order valence-corrected chi connectivity index (χ4v) is 1.87. The molecule has 1 aromatic rings. The second-order valence-electron chi connectivity index (χ2n) is 5.56. The van der Waals surface area contributed by atoms with Crippen molar-refractivity contribution >= 4 is 0 Å². The van der Waals surface area contributed by atoms with Crippen LogP contribution < -0.4 is 0 Å². The topological polar surface area (TPSA) is 3.24 Å². The summed E-state index contributed by atoms with van der Waals surface area (Å²) in [6.45, 7) is 10.1. The number of nitrogens with zero attached hydrogens (tertiary/aromatic N) is 1. The molecule has 0 aliphatic heterocycles. The van der Waals surface area contributed by atoms with Crippen LogP contribution in [0, 0.1) is 0 Å². The van der Waals surface area contributed by atoms with E-state index < -0.39 is 0 Å². The lowest BCUT2D eigenvalue weighted by Crippen LogP contribution is -2.11. The zero-order valence-corrected chi connectivity index (χ0v) is 11.5. The minimum atomic E-state index is 0.611. The largest absolute Gasteiger partial charge is 0.305 e. The summed E-state index contributed by atoms with van der Waals surface area (Å²) in [5.41, 5.74) is 4.35. The maximum atomic E-state index is 2.36. The summed E-state index contributed by atoms with van der Waals surface area (Å²) in [5, 5.41) is 0. The molecule has 0 fully saturated rings. The van der Waals surface area contributed by atoms with Crippen LogP contribution in [0.25, 0.3) is 0 Å². The summed E-state index contributed by atoms with van der Waals surface area (Å²) in [6.07, 6.45) is 0. The summed E-state index contributed by atoms with van der Waals surface area (Å²) >= 11 is 0. The molecule has 0 N–H and O–H groups in total. The van der Waals surface area contributed by atoms with Gasteiger partial charge in [0.15, 0.2) is 0 Å². The van der Waals surface area contributed by atoms with Crippen LogP contribution in [0.15, 0.2) is 18.2 Å². The molecule has 0 amide bonds. The van der Waals surface area contributed by atoms with Crippen LogP contribution in [-0.2, 0) is 6.54 Å². The second kappa shape index (κ2) is 5.49. The van der Waals surface area contributed by atoms with Crippen molar-refractivity contribution in [2.75, 3.05) is 14.1 Å². The smallest absolute Gasteiger partial charge is 0.0227 e. The van der Waals surface area contributed by atoms with Crippen LogP contribution in [-0.4, -0.2) is 19.0 Å². The Labute approximate surface area is 100 Å². The van der Waals surface area contributed by atoms with E-state index in [0.717, 1.165) is 6.54 Å². The molecule has 1 aromatic carbocycles. The lowest BCUT2D eigenvalue weighted by atomic mass is 9.93. The van der Waals surface area contributed by atoms with Gasteiger partial charge in [-0.2, -0.15) is 0 Å². The second-order valence-corrected chi connectivity index (χ2v) is 5.56. The maximum absolute atomic E-state index is 2.36. The summed E-state index contributed by atoms with van der Waals surface area (Å²) in [6, 6.07) is 7.04. The fourth-order valence-electron chi connectivity index (χ4n) is 1.87. The monoisotopic (exact) mass is 219 g/mol. The average Bonchev–Trinajstić information content (AvgIpc) is 2.15. The van der Waals surface area contributed by atoms with Crippen molar-refractivity contribution in [1.29, 1.82) is 0 Å². The predicted octanol–water partition coefficient (Wildman–Crippen LogP) is 4.00. The van der Waals surface area contributed by atoms with E-state index in [2.05, 4.69) is 64.9 Å². The standard InChI is InChI=1S/C15H25N/c1-11(2)14-7-13(10-16(5)6)8-15(9-14)12(3)4/h7-9,11-12H,10H2,1-6H3. The molecule has 0 aromatic heterocycles. The first-order valence-corrected chi connectivity index (χ1v) is 6.18. The van der Waals surface area contributed by atoms with E-state index in [1.165, 1.54) is 16.7 Å². The highest BCUT2D eigenvalue weighted by atomic mass is 15.0. The predicted molar refractivity (Wildman–Crippen MR) is 72.0 cm³/mol. The molecule has 0 saturated carbocycles. The molecule has 0 radical (unpaired) electrons. The van der Waals surface area contributed by atoms with E-state index in [4.69, 9.17) is 0 Å². The Bertz CT molecular complexity index is 311. The van der Waals surface area contributed by atoms with E-state index in [0.29, 0.717) is 11.8 Å². The van der Waals surface area contributed by atoms with Gasteiger partial charge in [-0.15, -0.1) is 0 Å². The Morgan fingerprint density at radius 2 is 1.31 bits per heavy atom. The molecule has 1 nitrogen and oxygen atoms in total. The van der Waals surface area contributed by atoms with Crippen LogP contribution in [0.5, 0.6) is 0 Å². The Morgan fingerprint density at radius 3 is 1.62 bits per heavy atom. The third kappa shape index (κ3) is 3.64. The first kappa shape index (κ1) is 13.2. The highest BCUT2D eigenvalue weighted by Crippen LogP contribution is 2.23. The van der Waals surface area contributed by atoms with Crippen LogP contribution in [0.1, 0.15) is 56.2 Å². The van der Waals surface area contributed by atoms with Gasteiger partial charge in [0.25, 0.3) is 0 Å². The van der Waals surface area contributed by atoms with Crippen LogP contribution in [0.4, 0.5) is 0 Å². The molecule has 0 spiro atoms. The van der Waals surface area contributed by atoms with Gasteiger partial charge in [0.1, 0.15) is 0 Å². The van der Waals surface area contributed by atoms with Crippen LogP contribution in [0.2, 0.25) is 0 Å². The summed E-state index contributed by atoms with van der Waals surface area (Å²) in [7, 11) is 4.24. The van der Waals surface area contributed by atoms with E-state index in [1.807, 2.05) is 0 Å². The van der Waals surface area contributed by atoms with Gasteiger partial charge in [-0.3, -0.25) is 0 Å². The molecule has 0 saturated heterocycles. The molecule has 0 bridgehead atoms. The number of hydrogen-bond acceptors (Lipinski definition) is 1. The number of hydrogen-bond donors (Lipinski definition) is 0. The summed E-state index contributed by atoms with van der Waals surface area (Å²) in [5.74, 6) is 1.22. The minimum absolute atomic E-state index is 0.611. The molecular formula is C15H25N. The van der Waals surface area contributed by atoms with Gasteiger partial charge >= 0.3 is 0 Å². The zero-order chi connectivity index (χ0) is 12.3. The Hall–Kier alpha value is -0.820. The van der Waals surface area contributed by atoms with Gasteiger partial charge < -0.3 is 4.90 Å². The zero-order valence-electron chi connectivity index (χ0n) is 11.5. The third-order valence-electron chi connectivity index (χ3n) is 2.87. The SMILES string of the molecule is CC(C)c1cc(CN(C)C)cc(C(C)C)c1. The molecule has 0 aliphatic rings. The Kier molecular flexibility index (Phi) is 4.55. The molecule has 0 unspecified atom stereocenters. The lowest BCUT2D eigenvalue weighted by Gasteiger charge is -2.16. The summed E-state index contributed by atoms with van der Waals surface area (Å²) in [4.78, 5) is 2.23. The van der Waals surface area contributed by atoms with Gasteiger partial charge in [0.2, 0.25) is 0 Å². The molecule has 16 heavy (non-hydrogen) atoms. The highest BCUT2D eigenvalue weighted by Gasteiger charge is 2.07. The lowest BCUT2D eigenvalue weighted by molar-refractivity contribution is 0.402. The average molecular weight is 219 g/mol. The highest BCUT2D eigenvalue weighted by molar-refractivity contribution is 5.33. The summed E-state index contributed by atoms with van der Waals surface area (Å²) < 4.78 is 0. The third-order valence-corrected chi connectivity index (χ3v) is 2.87. The maximum Gasteiger partial charge on any atom is 0.0227 e. The molecule has 1 rings (SSSR count). The molecule has 0 aliphatic carbocycles. The number of rotatable bonds is 4. The van der Waals surface area contributed by atoms with Crippen molar-refractivity contribution in [2.45, 2.75) is 46.1 Å². The Morgan fingerprint density at radius 1 is 0.875 bits per heavy atom. The van der Waals surface area contributed by atoms with Gasteiger partial charge in [0.05, 0.1) is 0 Å².